The SMILES string of the molecule is CCCCC1CN(C(=O)[C@@H]2C[C@@H](Oc3ccccc3)CN2C(=O)OC(C)(C)C)Cc2c1nc(-c1ccc(Cl)cc1)[nH]c2=O. The van der Waals surface area contributed by atoms with Crippen LogP contribution in [0.3, 0.4) is 0 Å². The van der Waals surface area contributed by atoms with Gasteiger partial charge in [0.25, 0.3) is 5.56 Å². The minimum absolute atomic E-state index is 0.114. The van der Waals surface area contributed by atoms with Crippen LogP contribution in [0.2, 0.25) is 5.02 Å². The van der Waals surface area contributed by atoms with Gasteiger partial charge in [0.15, 0.2) is 0 Å². The van der Waals surface area contributed by atoms with Crippen molar-refractivity contribution < 1.29 is 19.1 Å². The van der Waals surface area contributed by atoms with E-state index >= 15 is 0 Å². The van der Waals surface area contributed by atoms with Gasteiger partial charge in [-0.15, -0.1) is 0 Å². The van der Waals surface area contributed by atoms with Crippen LogP contribution in [0.15, 0.2) is 59.4 Å². The zero-order valence-electron chi connectivity index (χ0n) is 25.1. The lowest BCUT2D eigenvalue weighted by atomic mass is 9.90. The molecule has 1 aromatic heterocycles. The fraction of sp³-hybridized carbons (Fsp3) is 0.455. The molecule has 0 spiro atoms. The molecule has 0 saturated carbocycles. The van der Waals surface area contributed by atoms with Gasteiger partial charge >= 0.3 is 6.09 Å². The van der Waals surface area contributed by atoms with Crippen LogP contribution in [0.5, 0.6) is 5.75 Å². The number of aromatic nitrogens is 2. The Morgan fingerprint density at radius 2 is 1.79 bits per heavy atom. The topological polar surface area (TPSA) is 105 Å². The summed E-state index contributed by atoms with van der Waals surface area (Å²) in [6.45, 7) is 8.25. The summed E-state index contributed by atoms with van der Waals surface area (Å²) in [6.07, 6.45) is 2.06. The molecule has 3 atom stereocenters. The number of rotatable bonds is 7. The molecule has 2 amide bonds. The Kier molecular flexibility index (Phi) is 9.11. The fourth-order valence-electron chi connectivity index (χ4n) is 5.75. The highest BCUT2D eigenvalue weighted by Gasteiger charge is 2.45. The second-order valence-electron chi connectivity index (χ2n) is 12.3. The molecular weight excluding hydrogens is 568 g/mol. The van der Waals surface area contributed by atoms with Gasteiger partial charge in [-0.25, -0.2) is 9.78 Å². The Bertz CT molecular complexity index is 1500. The molecule has 43 heavy (non-hydrogen) atoms. The number of nitrogens with one attached hydrogen (secondary N) is 1. The van der Waals surface area contributed by atoms with E-state index < -0.39 is 17.7 Å². The first-order valence-corrected chi connectivity index (χ1v) is 15.3. The van der Waals surface area contributed by atoms with Crippen LogP contribution in [0.25, 0.3) is 11.4 Å². The number of likely N-dealkylation sites (tertiary alicyclic amines) is 1. The average molecular weight is 607 g/mol. The molecular formula is C33H39ClN4O5. The van der Waals surface area contributed by atoms with E-state index in [9.17, 15) is 14.4 Å². The zero-order valence-corrected chi connectivity index (χ0v) is 25.9. The van der Waals surface area contributed by atoms with E-state index in [0.29, 0.717) is 35.1 Å². The van der Waals surface area contributed by atoms with E-state index in [2.05, 4.69) is 11.9 Å². The summed E-state index contributed by atoms with van der Waals surface area (Å²) in [7, 11) is 0. The Hall–Kier alpha value is -3.85. The third kappa shape index (κ3) is 7.21. The van der Waals surface area contributed by atoms with E-state index in [-0.39, 0.29) is 36.6 Å². The molecule has 0 aliphatic carbocycles. The molecule has 2 aliphatic heterocycles. The number of H-pyrrole nitrogens is 1. The summed E-state index contributed by atoms with van der Waals surface area (Å²) < 4.78 is 11.9. The van der Waals surface area contributed by atoms with Gasteiger partial charge in [0.1, 0.15) is 29.3 Å². The van der Waals surface area contributed by atoms with Gasteiger partial charge in [-0.1, -0.05) is 49.6 Å². The maximum absolute atomic E-state index is 14.2. The molecule has 2 aliphatic rings. The van der Waals surface area contributed by atoms with Crippen molar-refractivity contribution in [2.24, 2.45) is 0 Å². The van der Waals surface area contributed by atoms with Crippen molar-refractivity contribution in [2.75, 3.05) is 13.1 Å². The molecule has 228 valence electrons. The molecule has 1 unspecified atom stereocenters. The van der Waals surface area contributed by atoms with Crippen LogP contribution in [0, 0.1) is 0 Å². The largest absolute Gasteiger partial charge is 0.488 e. The second kappa shape index (κ2) is 12.8. The van der Waals surface area contributed by atoms with Crippen molar-refractivity contribution in [3.63, 3.8) is 0 Å². The van der Waals surface area contributed by atoms with Crippen molar-refractivity contribution in [2.45, 2.75) is 83.6 Å². The van der Waals surface area contributed by atoms with Crippen LogP contribution >= 0.6 is 11.6 Å². The number of ether oxygens (including phenoxy) is 2. The van der Waals surface area contributed by atoms with Gasteiger partial charge in [-0.2, -0.15) is 0 Å². The minimum Gasteiger partial charge on any atom is -0.488 e. The highest BCUT2D eigenvalue weighted by Crippen LogP contribution is 2.33. The van der Waals surface area contributed by atoms with Gasteiger partial charge in [-0.3, -0.25) is 14.5 Å². The van der Waals surface area contributed by atoms with Gasteiger partial charge in [0.2, 0.25) is 5.91 Å². The van der Waals surface area contributed by atoms with Crippen molar-refractivity contribution >= 4 is 23.6 Å². The number of carbonyl (C=O) groups is 2. The molecule has 1 N–H and O–H groups in total. The van der Waals surface area contributed by atoms with Crippen LogP contribution in [-0.2, 0) is 16.1 Å². The number of carbonyl (C=O) groups excluding carboxylic acids is 2. The third-order valence-electron chi connectivity index (χ3n) is 7.78. The van der Waals surface area contributed by atoms with E-state index in [0.717, 1.165) is 30.5 Å². The summed E-state index contributed by atoms with van der Waals surface area (Å²) in [5.41, 5.74) is 0.985. The number of halogens is 1. The van der Waals surface area contributed by atoms with Gasteiger partial charge in [0, 0.05) is 29.5 Å². The summed E-state index contributed by atoms with van der Waals surface area (Å²) in [4.78, 5) is 52.0. The molecule has 2 aromatic carbocycles. The van der Waals surface area contributed by atoms with Gasteiger partial charge < -0.3 is 19.4 Å². The first kappa shape index (κ1) is 30.6. The normalized spacial score (nSPS) is 20.1. The number of unbranched alkanes of at least 4 members (excludes halogenated alkanes) is 1. The molecule has 9 nitrogen and oxygen atoms in total. The average Bonchev–Trinajstić information content (AvgIpc) is 3.39. The standard InChI is InChI=1S/C33H39ClN4O5/c1-5-6-10-22-18-37(20-26-28(22)35-29(36-30(26)39)21-13-15-23(34)16-14-21)31(40)27-17-25(42-24-11-8-7-9-12-24)19-38(27)32(41)43-33(2,3)4/h7-9,11-16,22,25,27H,5-6,10,17-20H2,1-4H3,(H,35,36,39)/t22?,25-,27+/m1/s1. The number of fused-ring (bicyclic) bond motifs is 1. The van der Waals surface area contributed by atoms with Crippen LogP contribution in [-0.4, -0.2) is 62.6 Å². The number of nitrogens with zero attached hydrogens (tertiary/aromatic N) is 3. The number of aromatic amines is 1. The second-order valence-corrected chi connectivity index (χ2v) is 12.7. The van der Waals surface area contributed by atoms with Gasteiger partial charge in [0.05, 0.1) is 24.3 Å². The lowest BCUT2D eigenvalue weighted by molar-refractivity contribution is -0.137. The molecule has 1 fully saturated rings. The van der Waals surface area contributed by atoms with Gasteiger partial charge in [-0.05, 0) is 63.6 Å². The smallest absolute Gasteiger partial charge is 0.411 e. The predicted molar refractivity (Wildman–Crippen MR) is 165 cm³/mol. The monoisotopic (exact) mass is 606 g/mol. The number of benzene rings is 2. The molecule has 0 radical (unpaired) electrons. The molecule has 5 rings (SSSR count). The highest BCUT2D eigenvalue weighted by atomic mass is 35.5. The Labute approximate surface area is 257 Å². The van der Waals surface area contributed by atoms with Crippen LogP contribution < -0.4 is 10.3 Å². The van der Waals surface area contributed by atoms with Crippen molar-refractivity contribution in [1.82, 2.24) is 19.8 Å². The predicted octanol–water partition coefficient (Wildman–Crippen LogP) is 6.16. The molecule has 3 heterocycles. The lowest BCUT2D eigenvalue weighted by Gasteiger charge is -2.36. The maximum atomic E-state index is 14.2. The zero-order chi connectivity index (χ0) is 30.7. The summed E-state index contributed by atoms with van der Waals surface area (Å²) in [6, 6.07) is 15.8. The summed E-state index contributed by atoms with van der Waals surface area (Å²) in [5.74, 6) is 0.812. The third-order valence-corrected chi connectivity index (χ3v) is 8.03. The molecule has 10 heteroatoms. The van der Waals surface area contributed by atoms with E-state index in [1.54, 1.807) is 37.8 Å². The van der Waals surface area contributed by atoms with Crippen molar-refractivity contribution in [3.05, 3.63) is 81.2 Å². The number of hydrogen-bond acceptors (Lipinski definition) is 6. The Balaban J connectivity index is 1.43. The first-order valence-electron chi connectivity index (χ1n) is 14.9. The Morgan fingerprint density at radius 3 is 2.47 bits per heavy atom. The van der Waals surface area contributed by atoms with Crippen LogP contribution in [0.1, 0.15) is 70.6 Å². The fourth-order valence-corrected chi connectivity index (χ4v) is 5.87. The number of hydrogen-bond donors (Lipinski definition) is 1. The number of amides is 2. The van der Waals surface area contributed by atoms with E-state index in [1.807, 2.05) is 42.5 Å². The van der Waals surface area contributed by atoms with E-state index in [1.165, 1.54) is 4.90 Å². The van der Waals surface area contributed by atoms with Crippen LogP contribution in [0.4, 0.5) is 4.79 Å². The quantitative estimate of drug-likeness (QED) is 0.345. The summed E-state index contributed by atoms with van der Waals surface area (Å²) >= 11 is 6.07. The molecule has 1 saturated heterocycles. The van der Waals surface area contributed by atoms with Crippen molar-refractivity contribution in [1.29, 1.82) is 0 Å². The van der Waals surface area contributed by atoms with Crippen molar-refractivity contribution in [3.8, 4) is 17.1 Å². The number of para-hydroxylation sites is 1. The minimum atomic E-state index is -0.780. The summed E-state index contributed by atoms with van der Waals surface area (Å²) in [5, 5.41) is 0.600. The Morgan fingerprint density at radius 1 is 1.07 bits per heavy atom. The van der Waals surface area contributed by atoms with E-state index in [4.69, 9.17) is 26.1 Å². The molecule has 0 bridgehead atoms. The lowest BCUT2D eigenvalue weighted by Crippen LogP contribution is -2.51. The first-order chi connectivity index (χ1) is 20.5. The maximum Gasteiger partial charge on any atom is 0.411 e. The highest BCUT2D eigenvalue weighted by molar-refractivity contribution is 6.30. The molecule has 3 aromatic rings.